The van der Waals surface area contributed by atoms with E-state index in [2.05, 4.69) is 17.2 Å². The Bertz CT molecular complexity index is 508. The van der Waals surface area contributed by atoms with Crippen molar-refractivity contribution in [3.05, 3.63) is 23.0 Å². The molecule has 2 rings (SSSR count). The number of anilines is 1. The number of aryl methyl sites for hydroxylation is 2. The fourth-order valence-corrected chi connectivity index (χ4v) is 2.59. The standard InChI is InChI=1S/C15H22N2O3/c1-10-8-12(13(14(18)19)11(2)17-10)16-9-15(3)4-6-20-7-5-15/h8H,4-7,9H2,1-3H3,(H,16,17)(H,18,19). The van der Waals surface area contributed by atoms with Crippen LogP contribution in [0.1, 0.15) is 41.5 Å². The van der Waals surface area contributed by atoms with E-state index >= 15 is 0 Å². The summed E-state index contributed by atoms with van der Waals surface area (Å²) in [5.41, 5.74) is 2.46. The average Bonchev–Trinajstić information content (AvgIpc) is 2.36. The molecule has 5 nitrogen and oxygen atoms in total. The van der Waals surface area contributed by atoms with Crippen LogP contribution in [0.3, 0.4) is 0 Å². The Hall–Kier alpha value is -1.62. The van der Waals surface area contributed by atoms with Crippen molar-refractivity contribution in [2.24, 2.45) is 5.41 Å². The van der Waals surface area contributed by atoms with Gasteiger partial charge in [0, 0.05) is 25.5 Å². The van der Waals surface area contributed by atoms with Gasteiger partial charge in [0.1, 0.15) is 5.56 Å². The molecule has 0 saturated carbocycles. The fourth-order valence-electron chi connectivity index (χ4n) is 2.59. The molecule has 0 atom stereocenters. The Balaban J connectivity index is 2.18. The molecule has 1 fully saturated rings. The second-order valence-electron chi connectivity index (χ2n) is 5.85. The number of nitrogens with one attached hydrogen (secondary N) is 1. The third-order valence-electron chi connectivity index (χ3n) is 3.95. The van der Waals surface area contributed by atoms with Gasteiger partial charge in [-0.25, -0.2) is 4.79 Å². The van der Waals surface area contributed by atoms with Crippen LogP contribution in [-0.2, 0) is 4.74 Å². The molecule has 110 valence electrons. The van der Waals surface area contributed by atoms with Crippen molar-refractivity contribution in [3.63, 3.8) is 0 Å². The van der Waals surface area contributed by atoms with Crippen LogP contribution < -0.4 is 5.32 Å². The van der Waals surface area contributed by atoms with Crippen molar-refractivity contribution < 1.29 is 14.6 Å². The second-order valence-corrected chi connectivity index (χ2v) is 5.85. The van der Waals surface area contributed by atoms with Crippen molar-refractivity contribution in [1.29, 1.82) is 0 Å². The Morgan fingerprint density at radius 3 is 2.70 bits per heavy atom. The number of carbonyl (C=O) groups is 1. The predicted molar refractivity (Wildman–Crippen MR) is 77.3 cm³/mol. The topological polar surface area (TPSA) is 71.5 Å². The summed E-state index contributed by atoms with van der Waals surface area (Å²) in [6, 6.07) is 1.80. The molecule has 1 aromatic heterocycles. The molecule has 0 unspecified atom stereocenters. The molecular formula is C15H22N2O3. The highest BCUT2D eigenvalue weighted by molar-refractivity contribution is 5.95. The summed E-state index contributed by atoms with van der Waals surface area (Å²) in [7, 11) is 0. The molecule has 1 aromatic rings. The van der Waals surface area contributed by atoms with Gasteiger partial charge in [-0.05, 0) is 38.2 Å². The first kappa shape index (κ1) is 14.8. The SMILES string of the molecule is Cc1cc(NCC2(C)CCOCC2)c(C(=O)O)c(C)n1. The fraction of sp³-hybridized carbons (Fsp3) is 0.600. The van der Waals surface area contributed by atoms with E-state index in [-0.39, 0.29) is 11.0 Å². The molecule has 5 heteroatoms. The lowest BCUT2D eigenvalue weighted by atomic mass is 9.82. The van der Waals surface area contributed by atoms with E-state index < -0.39 is 5.97 Å². The molecule has 1 aliphatic heterocycles. The Morgan fingerprint density at radius 1 is 1.45 bits per heavy atom. The molecule has 0 amide bonds. The minimum atomic E-state index is -0.936. The number of nitrogens with zero attached hydrogens (tertiary/aromatic N) is 1. The number of aromatic nitrogens is 1. The second kappa shape index (κ2) is 5.79. The summed E-state index contributed by atoms with van der Waals surface area (Å²) < 4.78 is 5.39. The van der Waals surface area contributed by atoms with Gasteiger partial charge in [0.05, 0.1) is 11.4 Å². The van der Waals surface area contributed by atoms with Crippen LogP contribution in [0.4, 0.5) is 5.69 Å². The molecule has 0 aromatic carbocycles. The molecule has 1 saturated heterocycles. The largest absolute Gasteiger partial charge is 0.478 e. The molecule has 0 aliphatic carbocycles. The smallest absolute Gasteiger partial charge is 0.339 e. The van der Waals surface area contributed by atoms with Gasteiger partial charge in [-0.15, -0.1) is 0 Å². The maximum atomic E-state index is 11.4. The lowest BCUT2D eigenvalue weighted by Gasteiger charge is -2.34. The van der Waals surface area contributed by atoms with E-state index in [1.807, 2.05) is 6.92 Å². The maximum absolute atomic E-state index is 11.4. The summed E-state index contributed by atoms with van der Waals surface area (Å²) in [5, 5.41) is 12.6. The van der Waals surface area contributed by atoms with Gasteiger partial charge in [0.15, 0.2) is 0 Å². The Kier molecular flexibility index (Phi) is 4.28. The average molecular weight is 278 g/mol. The van der Waals surface area contributed by atoms with Crippen LogP contribution in [0.2, 0.25) is 0 Å². The van der Waals surface area contributed by atoms with E-state index in [0.717, 1.165) is 38.3 Å². The van der Waals surface area contributed by atoms with Gasteiger partial charge in [0.25, 0.3) is 0 Å². The summed E-state index contributed by atoms with van der Waals surface area (Å²) in [5.74, 6) is -0.936. The van der Waals surface area contributed by atoms with Crippen molar-refractivity contribution in [3.8, 4) is 0 Å². The number of carboxylic acids is 1. The summed E-state index contributed by atoms with van der Waals surface area (Å²) >= 11 is 0. The minimum absolute atomic E-state index is 0.152. The van der Waals surface area contributed by atoms with Crippen LogP contribution in [0, 0.1) is 19.3 Å². The maximum Gasteiger partial charge on any atom is 0.339 e. The molecule has 20 heavy (non-hydrogen) atoms. The van der Waals surface area contributed by atoms with Crippen molar-refractivity contribution in [2.75, 3.05) is 25.1 Å². The van der Waals surface area contributed by atoms with E-state index in [1.165, 1.54) is 0 Å². The number of hydrogen-bond acceptors (Lipinski definition) is 4. The van der Waals surface area contributed by atoms with Gasteiger partial charge in [-0.3, -0.25) is 4.98 Å². The summed E-state index contributed by atoms with van der Waals surface area (Å²) in [6.45, 7) is 8.12. The molecule has 0 bridgehead atoms. The molecule has 2 N–H and O–H groups in total. The van der Waals surface area contributed by atoms with E-state index in [0.29, 0.717) is 11.4 Å². The number of pyridine rings is 1. The van der Waals surface area contributed by atoms with E-state index in [9.17, 15) is 9.90 Å². The molecular weight excluding hydrogens is 256 g/mol. The monoisotopic (exact) mass is 278 g/mol. The van der Waals surface area contributed by atoms with Crippen LogP contribution in [0.5, 0.6) is 0 Å². The molecule has 0 spiro atoms. The van der Waals surface area contributed by atoms with Gasteiger partial charge in [-0.1, -0.05) is 6.92 Å². The van der Waals surface area contributed by atoms with Crippen molar-refractivity contribution in [2.45, 2.75) is 33.6 Å². The number of aromatic carboxylic acids is 1. The van der Waals surface area contributed by atoms with Gasteiger partial charge in [-0.2, -0.15) is 0 Å². The van der Waals surface area contributed by atoms with Crippen molar-refractivity contribution >= 4 is 11.7 Å². The highest BCUT2D eigenvalue weighted by atomic mass is 16.5. The molecule has 2 heterocycles. The summed E-state index contributed by atoms with van der Waals surface area (Å²) in [4.78, 5) is 15.6. The first-order valence-corrected chi connectivity index (χ1v) is 6.94. The van der Waals surface area contributed by atoms with Gasteiger partial charge in [0.2, 0.25) is 0 Å². The molecule has 0 radical (unpaired) electrons. The van der Waals surface area contributed by atoms with Crippen LogP contribution in [0.25, 0.3) is 0 Å². The normalized spacial score (nSPS) is 17.8. The number of rotatable bonds is 4. The van der Waals surface area contributed by atoms with Crippen LogP contribution >= 0.6 is 0 Å². The highest BCUT2D eigenvalue weighted by Crippen LogP contribution is 2.31. The zero-order chi connectivity index (χ0) is 14.8. The van der Waals surface area contributed by atoms with E-state index in [4.69, 9.17) is 4.74 Å². The third kappa shape index (κ3) is 3.28. The van der Waals surface area contributed by atoms with Crippen molar-refractivity contribution in [1.82, 2.24) is 4.98 Å². The van der Waals surface area contributed by atoms with E-state index in [1.54, 1.807) is 13.0 Å². The number of hydrogen-bond donors (Lipinski definition) is 2. The Labute approximate surface area is 119 Å². The van der Waals surface area contributed by atoms with Crippen LogP contribution in [-0.4, -0.2) is 35.8 Å². The zero-order valence-corrected chi connectivity index (χ0v) is 12.3. The molecule has 1 aliphatic rings. The zero-order valence-electron chi connectivity index (χ0n) is 12.3. The quantitative estimate of drug-likeness (QED) is 0.886. The first-order valence-electron chi connectivity index (χ1n) is 6.94. The summed E-state index contributed by atoms with van der Waals surface area (Å²) in [6.07, 6.45) is 1.98. The third-order valence-corrected chi connectivity index (χ3v) is 3.95. The number of ether oxygens (including phenoxy) is 1. The highest BCUT2D eigenvalue weighted by Gasteiger charge is 2.27. The lowest BCUT2D eigenvalue weighted by molar-refractivity contribution is 0.0299. The number of carboxylic acid groups (broad SMARTS) is 1. The van der Waals surface area contributed by atoms with Crippen LogP contribution in [0.15, 0.2) is 6.07 Å². The predicted octanol–water partition coefficient (Wildman–Crippen LogP) is 2.63. The van der Waals surface area contributed by atoms with Gasteiger partial charge >= 0.3 is 5.97 Å². The van der Waals surface area contributed by atoms with Gasteiger partial charge < -0.3 is 15.2 Å². The first-order chi connectivity index (χ1) is 9.41. The Morgan fingerprint density at radius 2 is 2.10 bits per heavy atom. The lowest BCUT2D eigenvalue weighted by Crippen LogP contribution is -2.33. The minimum Gasteiger partial charge on any atom is -0.478 e.